The van der Waals surface area contributed by atoms with Gasteiger partial charge in [0.25, 0.3) is 17.7 Å². The van der Waals surface area contributed by atoms with Gasteiger partial charge in [-0.05, 0) is 54.6 Å². The Kier molecular flexibility index (Phi) is 6.81. The van der Waals surface area contributed by atoms with Crippen molar-refractivity contribution in [3.8, 4) is 0 Å². The lowest BCUT2D eigenvalue weighted by atomic mass is 10.1. The van der Waals surface area contributed by atoms with Crippen molar-refractivity contribution in [3.63, 3.8) is 0 Å². The van der Waals surface area contributed by atoms with Gasteiger partial charge in [0.1, 0.15) is 16.5 Å². The van der Waals surface area contributed by atoms with Crippen LogP contribution in [-0.4, -0.2) is 17.7 Å². The summed E-state index contributed by atoms with van der Waals surface area (Å²) in [7, 11) is 0. The predicted molar refractivity (Wildman–Crippen MR) is 131 cm³/mol. The molecule has 11 heteroatoms. The minimum absolute atomic E-state index is 0.134. The average Bonchev–Trinajstić information content (AvgIpc) is 3.01. The number of carbonyl (C=O) groups is 3. The van der Waals surface area contributed by atoms with E-state index >= 15 is 0 Å². The van der Waals surface area contributed by atoms with E-state index in [2.05, 4.69) is 10.6 Å². The molecular weight excluding hydrogens is 527 g/mol. The van der Waals surface area contributed by atoms with Gasteiger partial charge in [-0.3, -0.25) is 14.4 Å². The van der Waals surface area contributed by atoms with Gasteiger partial charge in [-0.15, -0.1) is 0 Å². The summed E-state index contributed by atoms with van der Waals surface area (Å²) in [6.07, 6.45) is 0. The zero-order chi connectivity index (χ0) is 24.6. The summed E-state index contributed by atoms with van der Waals surface area (Å²) in [4.78, 5) is 39.1. The van der Waals surface area contributed by atoms with Crippen LogP contribution in [0.15, 0.2) is 71.4 Å². The Labute approximate surface area is 212 Å². The van der Waals surface area contributed by atoms with Crippen LogP contribution < -0.4 is 15.5 Å². The summed E-state index contributed by atoms with van der Waals surface area (Å²) in [5.41, 5.74) is 0.885. The standard InChI is InChI=1S/C23H12Cl4FN3O3/c24-15-6-5-14(10-16(15)25)31-22(33)19(27)20(23(31)34)29-12-3-1-2-11(8-12)21(32)30-13-4-7-18(28)17(26)9-13/h1-10,29H,(H,30,32). The lowest BCUT2D eigenvalue weighted by Crippen LogP contribution is -2.32. The summed E-state index contributed by atoms with van der Waals surface area (Å²) in [6, 6.07) is 14.2. The quantitative estimate of drug-likeness (QED) is 0.365. The third kappa shape index (κ3) is 4.74. The number of carbonyl (C=O) groups excluding carboxylic acids is 3. The van der Waals surface area contributed by atoms with Gasteiger partial charge >= 0.3 is 0 Å². The molecule has 0 aromatic heterocycles. The van der Waals surface area contributed by atoms with E-state index in [1.807, 2.05) is 0 Å². The van der Waals surface area contributed by atoms with Gasteiger partial charge in [-0.25, -0.2) is 9.29 Å². The summed E-state index contributed by atoms with van der Waals surface area (Å²) in [5.74, 6) is -2.56. The van der Waals surface area contributed by atoms with Gasteiger partial charge in [-0.1, -0.05) is 52.5 Å². The van der Waals surface area contributed by atoms with Crippen LogP contribution in [0.25, 0.3) is 0 Å². The summed E-state index contributed by atoms with van der Waals surface area (Å²) in [6.45, 7) is 0. The largest absolute Gasteiger partial charge is 0.350 e. The van der Waals surface area contributed by atoms with E-state index in [4.69, 9.17) is 46.4 Å². The summed E-state index contributed by atoms with van der Waals surface area (Å²) >= 11 is 23.8. The van der Waals surface area contributed by atoms with Gasteiger partial charge in [-0.2, -0.15) is 0 Å². The average molecular weight is 539 g/mol. The van der Waals surface area contributed by atoms with E-state index in [1.165, 1.54) is 42.5 Å². The molecule has 0 fully saturated rings. The van der Waals surface area contributed by atoms with Crippen LogP contribution in [0.5, 0.6) is 0 Å². The monoisotopic (exact) mass is 537 g/mol. The zero-order valence-corrected chi connectivity index (χ0v) is 19.9. The minimum atomic E-state index is -0.741. The van der Waals surface area contributed by atoms with E-state index in [-0.39, 0.29) is 37.0 Å². The van der Waals surface area contributed by atoms with Crippen molar-refractivity contribution in [3.05, 3.63) is 97.8 Å². The highest BCUT2D eigenvalue weighted by molar-refractivity contribution is 6.53. The minimum Gasteiger partial charge on any atom is -0.350 e. The topological polar surface area (TPSA) is 78.5 Å². The molecular formula is C23H12Cl4FN3O3. The molecule has 0 saturated carbocycles. The smallest absolute Gasteiger partial charge is 0.283 e. The molecule has 0 unspecified atom stereocenters. The van der Waals surface area contributed by atoms with E-state index in [1.54, 1.807) is 12.1 Å². The van der Waals surface area contributed by atoms with Crippen molar-refractivity contribution >= 4 is 81.2 Å². The molecule has 2 N–H and O–H groups in total. The molecule has 1 aliphatic rings. The Bertz CT molecular complexity index is 1390. The van der Waals surface area contributed by atoms with Crippen molar-refractivity contribution in [2.75, 3.05) is 15.5 Å². The zero-order valence-electron chi connectivity index (χ0n) is 16.8. The number of amides is 3. The van der Waals surface area contributed by atoms with Crippen molar-refractivity contribution < 1.29 is 18.8 Å². The second kappa shape index (κ2) is 9.64. The Morgan fingerprint density at radius 1 is 0.794 bits per heavy atom. The Morgan fingerprint density at radius 2 is 1.56 bits per heavy atom. The van der Waals surface area contributed by atoms with Crippen LogP contribution in [0.1, 0.15) is 10.4 Å². The second-order valence-electron chi connectivity index (χ2n) is 7.02. The van der Waals surface area contributed by atoms with Gasteiger partial charge < -0.3 is 10.6 Å². The molecule has 0 atom stereocenters. The van der Waals surface area contributed by atoms with Gasteiger partial charge in [0, 0.05) is 16.9 Å². The number of hydrogen-bond donors (Lipinski definition) is 2. The number of nitrogens with zero attached hydrogens (tertiary/aromatic N) is 1. The highest BCUT2D eigenvalue weighted by Gasteiger charge is 2.39. The first-order chi connectivity index (χ1) is 16.2. The van der Waals surface area contributed by atoms with Crippen molar-refractivity contribution in [2.45, 2.75) is 0 Å². The van der Waals surface area contributed by atoms with Gasteiger partial charge in [0.05, 0.1) is 20.8 Å². The third-order valence-corrected chi connectivity index (χ3v) is 6.14. The Morgan fingerprint density at radius 3 is 2.26 bits per heavy atom. The Balaban J connectivity index is 1.54. The molecule has 34 heavy (non-hydrogen) atoms. The first-order valence-corrected chi connectivity index (χ1v) is 11.0. The number of imide groups is 1. The fourth-order valence-corrected chi connectivity index (χ4v) is 3.82. The molecule has 3 amide bonds. The fraction of sp³-hybridized carbons (Fsp3) is 0. The maximum Gasteiger partial charge on any atom is 0.283 e. The van der Waals surface area contributed by atoms with Gasteiger partial charge in [0.15, 0.2) is 0 Å². The number of nitrogens with one attached hydrogen (secondary N) is 2. The predicted octanol–water partition coefficient (Wildman–Crippen LogP) is 6.47. The van der Waals surface area contributed by atoms with E-state index in [0.717, 1.165) is 11.0 Å². The molecule has 4 rings (SSSR count). The van der Waals surface area contributed by atoms with E-state index < -0.39 is 23.5 Å². The molecule has 3 aromatic rings. The highest BCUT2D eigenvalue weighted by atomic mass is 35.5. The van der Waals surface area contributed by atoms with E-state index in [0.29, 0.717) is 11.4 Å². The molecule has 172 valence electrons. The molecule has 0 aliphatic carbocycles. The third-order valence-electron chi connectivity index (χ3n) is 4.76. The van der Waals surface area contributed by atoms with Crippen LogP contribution in [0, 0.1) is 5.82 Å². The molecule has 0 bridgehead atoms. The Hall–Kier alpha value is -3.10. The molecule has 1 aliphatic heterocycles. The van der Waals surface area contributed by atoms with Crippen molar-refractivity contribution in [1.29, 1.82) is 0 Å². The molecule has 3 aromatic carbocycles. The van der Waals surface area contributed by atoms with Crippen LogP contribution in [0.4, 0.5) is 21.5 Å². The lowest BCUT2D eigenvalue weighted by molar-refractivity contribution is -0.120. The van der Waals surface area contributed by atoms with Crippen LogP contribution in [0.3, 0.4) is 0 Å². The number of halogens is 5. The molecule has 0 saturated heterocycles. The highest BCUT2D eigenvalue weighted by Crippen LogP contribution is 2.33. The van der Waals surface area contributed by atoms with Crippen LogP contribution in [0.2, 0.25) is 15.1 Å². The SMILES string of the molecule is O=C(Nc1ccc(F)c(Cl)c1)c1cccc(NC2=C(Cl)C(=O)N(c3ccc(Cl)c(Cl)c3)C2=O)c1. The lowest BCUT2D eigenvalue weighted by Gasteiger charge is -2.16. The normalized spacial score (nSPS) is 13.5. The van der Waals surface area contributed by atoms with Gasteiger partial charge in [0.2, 0.25) is 0 Å². The number of hydrogen-bond acceptors (Lipinski definition) is 4. The molecule has 6 nitrogen and oxygen atoms in total. The molecule has 0 spiro atoms. The molecule has 0 radical (unpaired) electrons. The fourth-order valence-electron chi connectivity index (χ4n) is 3.13. The summed E-state index contributed by atoms with van der Waals surface area (Å²) in [5, 5.41) is 5.37. The van der Waals surface area contributed by atoms with E-state index in [9.17, 15) is 18.8 Å². The van der Waals surface area contributed by atoms with Crippen molar-refractivity contribution in [1.82, 2.24) is 0 Å². The number of rotatable bonds is 5. The van der Waals surface area contributed by atoms with Crippen LogP contribution in [-0.2, 0) is 9.59 Å². The first-order valence-electron chi connectivity index (χ1n) is 9.53. The summed E-state index contributed by atoms with van der Waals surface area (Å²) < 4.78 is 13.3. The van der Waals surface area contributed by atoms with Crippen molar-refractivity contribution in [2.24, 2.45) is 0 Å². The number of anilines is 3. The number of benzene rings is 3. The second-order valence-corrected chi connectivity index (χ2v) is 8.62. The maximum absolute atomic E-state index is 13.3. The first kappa shape index (κ1) is 24.0. The van der Waals surface area contributed by atoms with Crippen LogP contribution >= 0.6 is 46.4 Å². The molecule has 1 heterocycles. The maximum atomic E-state index is 13.3.